The monoisotopic (exact) mass is 740 g/mol. The van der Waals surface area contributed by atoms with Gasteiger partial charge < -0.3 is 19.3 Å². The van der Waals surface area contributed by atoms with Gasteiger partial charge in [0.15, 0.2) is 6.10 Å². The van der Waals surface area contributed by atoms with E-state index in [4.69, 9.17) is 18.5 Å². The highest BCUT2D eigenvalue weighted by Crippen LogP contribution is 2.43. The van der Waals surface area contributed by atoms with Crippen molar-refractivity contribution in [3.8, 4) is 0 Å². The van der Waals surface area contributed by atoms with Crippen molar-refractivity contribution in [2.24, 2.45) is 0 Å². The Kier molecular flexibility index (Phi) is 34.9. The molecule has 2 unspecified atom stereocenters. The van der Waals surface area contributed by atoms with E-state index in [-0.39, 0.29) is 26.1 Å². The number of rotatable bonds is 36. The molecular formula is C41H74NO8P. The number of carbonyl (C=O) groups is 2. The number of unbranched alkanes of at least 4 members (excludes halogenated alkanes) is 14. The summed E-state index contributed by atoms with van der Waals surface area (Å²) in [4.78, 5) is 36.9. The summed E-state index contributed by atoms with van der Waals surface area (Å²) in [5, 5.41) is 0. The predicted octanol–water partition coefficient (Wildman–Crippen LogP) is 11.0. The molecule has 1 N–H and O–H groups in total. The minimum absolute atomic E-state index is 0.000177. The van der Waals surface area contributed by atoms with E-state index in [0.29, 0.717) is 19.4 Å². The van der Waals surface area contributed by atoms with Crippen molar-refractivity contribution >= 4 is 19.8 Å². The van der Waals surface area contributed by atoms with Crippen molar-refractivity contribution in [3.63, 3.8) is 0 Å². The van der Waals surface area contributed by atoms with Crippen molar-refractivity contribution in [2.45, 2.75) is 161 Å². The van der Waals surface area contributed by atoms with Crippen molar-refractivity contribution < 1.29 is 37.6 Å². The fourth-order valence-corrected chi connectivity index (χ4v) is 5.83. The molecular weight excluding hydrogens is 665 g/mol. The summed E-state index contributed by atoms with van der Waals surface area (Å²) in [5.41, 5.74) is 0. The van der Waals surface area contributed by atoms with Gasteiger partial charge in [-0.3, -0.25) is 18.6 Å². The van der Waals surface area contributed by atoms with Gasteiger partial charge in [-0.2, -0.15) is 0 Å². The molecule has 2 atom stereocenters. The molecule has 0 aliphatic carbocycles. The second-order valence-electron chi connectivity index (χ2n) is 13.4. The SMILES string of the molecule is CC/C=C\C/C=C\C/C=C\C/C=C\CCCCC(=O)OCC(COP(=O)(O)OCCN(C)C)OC(=O)CCCCCCCCCCCCCCC. The number of carbonyl (C=O) groups excluding carboxylic acids is 2. The van der Waals surface area contributed by atoms with Crippen LogP contribution in [-0.4, -0.2) is 68.3 Å². The highest BCUT2D eigenvalue weighted by Gasteiger charge is 2.26. The molecule has 0 saturated carbocycles. The maximum atomic E-state index is 12.6. The van der Waals surface area contributed by atoms with Crippen LogP contribution in [0.5, 0.6) is 0 Å². The zero-order chi connectivity index (χ0) is 37.7. The molecule has 10 heteroatoms. The molecule has 0 aromatic carbocycles. The molecule has 51 heavy (non-hydrogen) atoms. The summed E-state index contributed by atoms with van der Waals surface area (Å²) >= 11 is 0. The molecule has 0 aliphatic heterocycles. The van der Waals surface area contributed by atoms with Crippen LogP contribution in [0, 0.1) is 0 Å². The van der Waals surface area contributed by atoms with Gasteiger partial charge in [-0.25, -0.2) is 4.57 Å². The Hall–Kier alpha value is -2.03. The number of likely N-dealkylation sites (N-methyl/N-ethyl adjacent to an activating group) is 1. The molecule has 0 saturated heterocycles. The second-order valence-corrected chi connectivity index (χ2v) is 14.9. The smallest absolute Gasteiger partial charge is 0.462 e. The van der Waals surface area contributed by atoms with Gasteiger partial charge in [0.25, 0.3) is 0 Å². The standard InChI is InChI=1S/C41H74NO8P/c1-5-7-9-11-13-15-17-19-20-22-23-25-27-29-31-33-40(43)47-37-39(38-49-51(45,46)48-36-35-42(3)4)50-41(44)34-32-30-28-26-24-21-18-16-14-12-10-8-6-2/h7,9,13,15,19-20,23,25,39H,5-6,8,10-12,14,16-18,21-22,24,26-38H2,1-4H3,(H,45,46)/b9-7-,15-13-,20-19-,25-23-. The lowest BCUT2D eigenvalue weighted by atomic mass is 10.0. The van der Waals surface area contributed by atoms with Crippen molar-refractivity contribution in [2.75, 3.05) is 40.5 Å². The molecule has 0 fully saturated rings. The minimum atomic E-state index is -4.36. The van der Waals surface area contributed by atoms with E-state index < -0.39 is 32.5 Å². The van der Waals surface area contributed by atoms with E-state index in [2.05, 4.69) is 62.5 Å². The second kappa shape index (κ2) is 36.3. The largest absolute Gasteiger partial charge is 0.472 e. The first-order valence-electron chi connectivity index (χ1n) is 19.9. The minimum Gasteiger partial charge on any atom is -0.462 e. The Balaban J connectivity index is 4.41. The number of ether oxygens (including phenoxy) is 2. The van der Waals surface area contributed by atoms with Crippen molar-refractivity contribution in [3.05, 3.63) is 48.6 Å². The third kappa shape index (κ3) is 37.5. The van der Waals surface area contributed by atoms with Crippen molar-refractivity contribution in [1.29, 1.82) is 0 Å². The van der Waals surface area contributed by atoms with Gasteiger partial charge in [-0.15, -0.1) is 0 Å². The highest BCUT2D eigenvalue weighted by molar-refractivity contribution is 7.47. The number of allylic oxidation sites excluding steroid dienone is 8. The lowest BCUT2D eigenvalue weighted by Gasteiger charge is -2.20. The Morgan fingerprint density at radius 2 is 1.12 bits per heavy atom. The third-order valence-corrected chi connectivity index (χ3v) is 9.13. The molecule has 0 amide bonds. The normalized spacial score (nSPS) is 14.0. The number of hydrogen-bond donors (Lipinski definition) is 1. The summed E-state index contributed by atoms with van der Waals surface area (Å²) in [5.74, 6) is -0.853. The average molecular weight is 740 g/mol. The van der Waals surface area contributed by atoms with Crippen molar-refractivity contribution in [1.82, 2.24) is 4.90 Å². The average Bonchev–Trinajstić information content (AvgIpc) is 3.09. The summed E-state index contributed by atoms with van der Waals surface area (Å²) in [6, 6.07) is 0. The van der Waals surface area contributed by atoms with Crippen LogP contribution in [0.4, 0.5) is 0 Å². The number of hydrogen-bond acceptors (Lipinski definition) is 8. The fourth-order valence-electron chi connectivity index (χ4n) is 5.09. The maximum absolute atomic E-state index is 12.6. The van der Waals surface area contributed by atoms with Crippen LogP contribution in [0.2, 0.25) is 0 Å². The molecule has 0 radical (unpaired) electrons. The zero-order valence-electron chi connectivity index (χ0n) is 32.8. The summed E-state index contributed by atoms with van der Waals surface area (Å²) in [6.45, 7) is 4.14. The number of phosphoric acid groups is 1. The molecule has 0 rings (SSSR count). The van der Waals surface area contributed by atoms with E-state index in [1.807, 2.05) is 19.0 Å². The van der Waals surface area contributed by atoms with Crippen LogP contribution in [0.15, 0.2) is 48.6 Å². The number of esters is 2. The van der Waals surface area contributed by atoms with E-state index in [1.165, 1.54) is 64.2 Å². The molecule has 0 aromatic rings. The molecule has 296 valence electrons. The molecule has 9 nitrogen and oxygen atoms in total. The molecule has 0 bridgehead atoms. The van der Waals surface area contributed by atoms with Gasteiger partial charge in [0.1, 0.15) is 6.61 Å². The van der Waals surface area contributed by atoms with E-state index in [0.717, 1.165) is 51.4 Å². The first kappa shape index (κ1) is 49.0. The van der Waals surface area contributed by atoms with Crippen LogP contribution in [0.1, 0.15) is 155 Å². The first-order chi connectivity index (χ1) is 24.7. The highest BCUT2D eigenvalue weighted by atomic mass is 31.2. The summed E-state index contributed by atoms with van der Waals surface area (Å²) in [7, 11) is -0.730. The summed E-state index contributed by atoms with van der Waals surface area (Å²) < 4.78 is 33.3. The van der Waals surface area contributed by atoms with Gasteiger partial charge >= 0.3 is 19.8 Å². The van der Waals surface area contributed by atoms with Crippen LogP contribution >= 0.6 is 7.82 Å². The number of nitrogens with zero attached hydrogens (tertiary/aromatic N) is 1. The Morgan fingerprint density at radius 3 is 1.67 bits per heavy atom. The quantitative estimate of drug-likeness (QED) is 0.0290. The van der Waals surface area contributed by atoms with Gasteiger partial charge in [0, 0.05) is 19.4 Å². The lowest BCUT2D eigenvalue weighted by molar-refractivity contribution is -0.161. The van der Waals surface area contributed by atoms with Crippen LogP contribution in [0.3, 0.4) is 0 Å². The molecule has 0 heterocycles. The molecule has 0 aromatic heterocycles. The van der Waals surface area contributed by atoms with Crippen LogP contribution < -0.4 is 0 Å². The van der Waals surface area contributed by atoms with E-state index >= 15 is 0 Å². The molecule has 0 aliphatic rings. The zero-order valence-corrected chi connectivity index (χ0v) is 33.7. The topological polar surface area (TPSA) is 112 Å². The van der Waals surface area contributed by atoms with E-state index in [9.17, 15) is 19.0 Å². The Bertz CT molecular complexity index is 994. The van der Waals surface area contributed by atoms with Crippen LogP contribution in [0.25, 0.3) is 0 Å². The van der Waals surface area contributed by atoms with Gasteiger partial charge in [0.05, 0.1) is 13.2 Å². The Morgan fingerprint density at radius 1 is 0.627 bits per heavy atom. The first-order valence-corrected chi connectivity index (χ1v) is 21.4. The molecule has 0 spiro atoms. The third-order valence-electron chi connectivity index (χ3n) is 8.15. The maximum Gasteiger partial charge on any atom is 0.472 e. The summed E-state index contributed by atoms with van der Waals surface area (Å²) in [6.07, 6.45) is 38.7. The predicted molar refractivity (Wildman–Crippen MR) is 211 cm³/mol. The van der Waals surface area contributed by atoms with Gasteiger partial charge in [0.2, 0.25) is 0 Å². The Labute approximate surface area is 311 Å². The van der Waals surface area contributed by atoms with Gasteiger partial charge in [-0.05, 0) is 65.5 Å². The number of phosphoric ester groups is 1. The van der Waals surface area contributed by atoms with Gasteiger partial charge in [-0.1, -0.05) is 140 Å². The van der Waals surface area contributed by atoms with Crippen LogP contribution in [-0.2, 0) is 32.7 Å². The fraction of sp³-hybridized carbons (Fsp3) is 0.756. The lowest BCUT2D eigenvalue weighted by Crippen LogP contribution is -2.29. The van der Waals surface area contributed by atoms with E-state index in [1.54, 1.807) is 0 Å².